The Morgan fingerprint density at radius 3 is 1.16 bits per heavy atom. The van der Waals surface area contributed by atoms with Crippen molar-refractivity contribution in [2.24, 2.45) is 17.4 Å². The number of nitrogens with two attached hydrogens (primary N) is 2. The average molecular weight is 885 g/mol. The van der Waals surface area contributed by atoms with Gasteiger partial charge in [0.15, 0.2) is 0 Å². The van der Waals surface area contributed by atoms with Crippen LogP contribution in [-0.4, -0.2) is 104 Å². The van der Waals surface area contributed by atoms with Gasteiger partial charge in [0.1, 0.15) is 0 Å². The molecule has 2 amide bonds. The highest BCUT2D eigenvalue weighted by Gasteiger charge is 2.09. The van der Waals surface area contributed by atoms with Crippen molar-refractivity contribution in [2.75, 3.05) is 92.5 Å². The molecule has 0 atom stereocenters. The zero-order chi connectivity index (χ0) is 44.2. The molecule has 0 spiro atoms. The van der Waals surface area contributed by atoms with Crippen molar-refractivity contribution in [1.29, 1.82) is 0 Å². The number of hydrogen-bond donors (Lipinski definition) is 6. The molecule has 11 nitrogen and oxygen atoms in total. The molecule has 0 heterocycles. The van der Waals surface area contributed by atoms with Gasteiger partial charge in [-0.15, -0.1) is 0 Å². The van der Waals surface area contributed by atoms with Crippen molar-refractivity contribution in [3.05, 3.63) is 0 Å². The second-order valence-corrected chi connectivity index (χ2v) is 17.7. The van der Waals surface area contributed by atoms with Gasteiger partial charge in [-0.3, -0.25) is 9.59 Å². The molecule has 0 aliphatic rings. The van der Waals surface area contributed by atoms with Gasteiger partial charge in [0, 0.05) is 33.0 Å². The first-order valence-electron chi connectivity index (χ1n) is 26.1. The molecule has 0 unspecified atom stereocenters. The van der Waals surface area contributed by atoms with Gasteiger partial charge in [0.25, 0.3) is 0 Å². The molecule has 0 bridgehead atoms. The Bertz CT molecular complexity index is 859. The van der Waals surface area contributed by atoms with Crippen molar-refractivity contribution < 1.29 is 23.8 Å². The van der Waals surface area contributed by atoms with Gasteiger partial charge < -0.3 is 46.9 Å². The van der Waals surface area contributed by atoms with Crippen LogP contribution in [-0.2, 0) is 23.8 Å². The molecular weight excluding hydrogens is 777 g/mol. The molecule has 0 aromatic rings. The zero-order valence-corrected chi connectivity index (χ0v) is 40.3. The summed E-state index contributed by atoms with van der Waals surface area (Å²) in [5, 5.41) is 13.4. The predicted molar refractivity (Wildman–Crippen MR) is 266 cm³/mol. The number of carbonyl (C=O) groups excluding carboxylic acids is 2. The summed E-state index contributed by atoms with van der Waals surface area (Å²) in [4.78, 5) is 24.2. The van der Waals surface area contributed by atoms with E-state index in [1.807, 2.05) is 0 Å². The summed E-state index contributed by atoms with van der Waals surface area (Å²) < 4.78 is 15.7. The monoisotopic (exact) mass is 885 g/mol. The van der Waals surface area contributed by atoms with E-state index in [0.717, 1.165) is 97.3 Å². The number of carbonyl (C=O) groups is 2. The lowest BCUT2D eigenvalue weighted by atomic mass is 10.00. The van der Waals surface area contributed by atoms with Crippen molar-refractivity contribution in [3.63, 3.8) is 0 Å². The lowest BCUT2D eigenvalue weighted by Gasteiger charge is -2.18. The van der Waals surface area contributed by atoms with Crippen LogP contribution in [0.15, 0.2) is 0 Å². The number of hydrogen-bond acceptors (Lipinski definition) is 9. The summed E-state index contributed by atoms with van der Waals surface area (Å²) in [6, 6.07) is 0. The summed E-state index contributed by atoms with van der Waals surface area (Å²) in [6.07, 6.45) is 40.9. The van der Waals surface area contributed by atoms with E-state index in [0.29, 0.717) is 51.8 Å². The van der Waals surface area contributed by atoms with E-state index in [2.05, 4.69) is 21.3 Å². The second kappa shape index (κ2) is 55.8. The molecule has 0 aromatic carbocycles. The van der Waals surface area contributed by atoms with Gasteiger partial charge in [-0.2, -0.15) is 0 Å². The first-order valence-corrected chi connectivity index (χ1v) is 26.1. The van der Waals surface area contributed by atoms with Crippen LogP contribution in [0.2, 0.25) is 0 Å². The molecule has 0 aliphatic carbocycles. The van der Waals surface area contributed by atoms with E-state index in [1.165, 1.54) is 154 Å². The van der Waals surface area contributed by atoms with E-state index in [9.17, 15) is 9.59 Å². The fourth-order valence-electron chi connectivity index (χ4n) is 7.80. The molecule has 0 aliphatic heterocycles. The fourth-order valence-corrected chi connectivity index (χ4v) is 7.80. The Labute approximate surface area is 385 Å². The van der Waals surface area contributed by atoms with E-state index in [1.54, 1.807) is 7.11 Å². The zero-order valence-electron chi connectivity index (χ0n) is 40.3. The summed E-state index contributed by atoms with van der Waals surface area (Å²) >= 11 is 0. The maximum Gasteiger partial charge on any atom is 0.222 e. The molecule has 0 saturated carbocycles. The van der Waals surface area contributed by atoms with Gasteiger partial charge in [-0.1, -0.05) is 155 Å². The molecule has 0 saturated heterocycles. The average Bonchev–Trinajstić information content (AvgIpc) is 3.26. The molecular formula is C51H108N6O5. The first-order chi connectivity index (χ1) is 30.1. The topological polar surface area (TPSA) is 162 Å². The van der Waals surface area contributed by atoms with E-state index < -0.39 is 0 Å². The van der Waals surface area contributed by atoms with Crippen molar-refractivity contribution in [2.45, 2.75) is 219 Å². The highest BCUT2D eigenvalue weighted by Crippen LogP contribution is 2.16. The Morgan fingerprint density at radius 2 is 0.742 bits per heavy atom. The van der Waals surface area contributed by atoms with E-state index >= 15 is 0 Å². The molecule has 11 heteroatoms. The van der Waals surface area contributed by atoms with E-state index in [-0.39, 0.29) is 19.2 Å². The number of nitrogens with one attached hydrogen (secondary N) is 4. The molecule has 62 heavy (non-hydrogen) atoms. The quantitative estimate of drug-likeness (QED) is 0.0327. The third-order valence-corrected chi connectivity index (χ3v) is 11.8. The lowest BCUT2D eigenvalue weighted by Crippen LogP contribution is -2.32. The standard InChI is InChI=1S/C50H104N6O5.CH4/c1-59-42-43-61-45-44-60-41-34-50(58)56-40-28-22-19-17-15-13-11-9-7-5-3-2-4-6-8-10-12-14-16-18-20-25-33-49(57)55-39-29-23-21-24-32-48(46-53-37-30-26-35-51)47-54-38-31-27-36-52;/h48,53-54H,2-47,51-52H2,1H3,(H,55,57)(H,56,58);1H4. The normalized spacial score (nSPS) is 11.4. The minimum Gasteiger partial charge on any atom is -0.382 e. The van der Waals surface area contributed by atoms with Gasteiger partial charge in [0.05, 0.1) is 33.0 Å². The molecule has 0 radical (unpaired) electrons. The summed E-state index contributed by atoms with van der Waals surface area (Å²) in [7, 11) is 1.65. The number of methoxy groups -OCH3 is 1. The Hall–Kier alpha value is -1.34. The third kappa shape index (κ3) is 53.0. The lowest BCUT2D eigenvalue weighted by molar-refractivity contribution is -0.122. The van der Waals surface area contributed by atoms with Crippen molar-refractivity contribution in [3.8, 4) is 0 Å². The van der Waals surface area contributed by atoms with Crippen LogP contribution in [0.5, 0.6) is 0 Å². The minimum absolute atomic E-state index is 0. The molecule has 0 aromatic heterocycles. The number of amides is 2. The molecule has 0 fully saturated rings. The van der Waals surface area contributed by atoms with Gasteiger partial charge in [0.2, 0.25) is 11.8 Å². The SMILES string of the molecule is C.COCCOCCOCCC(=O)NCCCCCCCCCCCCCCCCCCCCCCCCC(=O)NCCCCCCC(CNCCCCN)CNCCCCN. The number of ether oxygens (including phenoxy) is 3. The molecule has 0 rings (SSSR count). The van der Waals surface area contributed by atoms with Crippen molar-refractivity contribution >= 4 is 11.8 Å². The maximum absolute atomic E-state index is 12.3. The highest BCUT2D eigenvalue weighted by molar-refractivity contribution is 5.76. The Balaban J connectivity index is 0. The third-order valence-electron chi connectivity index (χ3n) is 11.8. The first kappa shape index (κ1) is 62.7. The molecule has 8 N–H and O–H groups in total. The number of rotatable bonds is 53. The van der Waals surface area contributed by atoms with Crippen LogP contribution < -0.4 is 32.7 Å². The van der Waals surface area contributed by atoms with Gasteiger partial charge in [-0.25, -0.2) is 0 Å². The smallest absolute Gasteiger partial charge is 0.222 e. The van der Waals surface area contributed by atoms with Crippen LogP contribution in [0.3, 0.4) is 0 Å². The Morgan fingerprint density at radius 1 is 0.403 bits per heavy atom. The predicted octanol–water partition coefficient (Wildman–Crippen LogP) is 10.1. The van der Waals surface area contributed by atoms with Gasteiger partial charge in [-0.05, 0) is 96.6 Å². The van der Waals surface area contributed by atoms with Crippen LogP contribution in [0.4, 0.5) is 0 Å². The molecule has 372 valence electrons. The van der Waals surface area contributed by atoms with Crippen LogP contribution in [0.1, 0.15) is 219 Å². The fraction of sp³-hybridized carbons (Fsp3) is 0.961. The summed E-state index contributed by atoms with van der Waals surface area (Å²) in [5.74, 6) is 0.991. The Kier molecular flexibility index (Phi) is 56.5. The second-order valence-electron chi connectivity index (χ2n) is 17.7. The minimum atomic E-state index is 0. The maximum atomic E-state index is 12.3. The van der Waals surface area contributed by atoms with Crippen LogP contribution in [0, 0.1) is 5.92 Å². The summed E-state index contributed by atoms with van der Waals surface area (Å²) in [5.41, 5.74) is 11.3. The van der Waals surface area contributed by atoms with Gasteiger partial charge >= 0.3 is 0 Å². The largest absolute Gasteiger partial charge is 0.382 e. The van der Waals surface area contributed by atoms with Crippen molar-refractivity contribution in [1.82, 2.24) is 21.3 Å². The van der Waals surface area contributed by atoms with Crippen LogP contribution in [0.25, 0.3) is 0 Å². The summed E-state index contributed by atoms with van der Waals surface area (Å²) in [6.45, 7) is 10.1. The van der Waals surface area contributed by atoms with Crippen LogP contribution >= 0.6 is 0 Å². The van der Waals surface area contributed by atoms with E-state index in [4.69, 9.17) is 25.7 Å². The highest BCUT2D eigenvalue weighted by atomic mass is 16.5. The number of unbranched alkanes of at least 4 members (excludes halogenated alkanes) is 26.